The highest BCUT2D eigenvalue weighted by Gasteiger charge is 2.35. The van der Waals surface area contributed by atoms with Gasteiger partial charge in [-0.15, -0.1) is 0 Å². The number of aryl methyl sites for hydroxylation is 2. The van der Waals surface area contributed by atoms with Crippen molar-refractivity contribution in [2.24, 2.45) is 7.05 Å². The highest BCUT2D eigenvalue weighted by atomic mass is 19.3. The number of hydrogen-bond acceptors (Lipinski definition) is 6. The van der Waals surface area contributed by atoms with Crippen molar-refractivity contribution in [2.75, 3.05) is 5.32 Å². The first-order chi connectivity index (χ1) is 13.9. The van der Waals surface area contributed by atoms with Gasteiger partial charge >= 0.3 is 0 Å². The first kappa shape index (κ1) is 19.3. The van der Waals surface area contributed by atoms with E-state index in [-0.39, 0.29) is 25.5 Å². The minimum Gasteiger partial charge on any atom is -0.485 e. The van der Waals surface area contributed by atoms with Crippen molar-refractivity contribution < 1.29 is 13.5 Å². The second-order valence-corrected chi connectivity index (χ2v) is 7.31. The molecule has 154 valence electrons. The molecule has 0 aliphatic heterocycles. The first-order valence-electron chi connectivity index (χ1n) is 9.53. The van der Waals surface area contributed by atoms with Crippen LogP contribution < -0.4 is 10.1 Å². The van der Waals surface area contributed by atoms with E-state index in [4.69, 9.17) is 4.74 Å². The van der Waals surface area contributed by atoms with E-state index in [1.54, 1.807) is 28.5 Å². The van der Waals surface area contributed by atoms with Crippen molar-refractivity contribution >= 4 is 5.82 Å². The Morgan fingerprint density at radius 1 is 1.28 bits per heavy atom. The molecule has 0 amide bonds. The maximum Gasteiger partial charge on any atom is 0.248 e. The molecule has 1 fully saturated rings. The second-order valence-electron chi connectivity index (χ2n) is 7.31. The van der Waals surface area contributed by atoms with Gasteiger partial charge in [-0.25, -0.2) is 23.4 Å². The zero-order valence-electron chi connectivity index (χ0n) is 16.3. The molecule has 8 nitrogen and oxygen atoms in total. The van der Waals surface area contributed by atoms with Gasteiger partial charge in [-0.2, -0.15) is 10.2 Å². The minimum atomic E-state index is -2.57. The van der Waals surface area contributed by atoms with Crippen LogP contribution in [0.5, 0.6) is 5.75 Å². The van der Waals surface area contributed by atoms with Crippen LogP contribution in [0.15, 0.2) is 30.7 Å². The Bertz CT molecular complexity index is 975. The van der Waals surface area contributed by atoms with Gasteiger partial charge in [0.25, 0.3) is 0 Å². The predicted octanol–water partition coefficient (Wildman–Crippen LogP) is 3.27. The van der Waals surface area contributed by atoms with E-state index in [1.165, 1.54) is 6.33 Å². The summed E-state index contributed by atoms with van der Waals surface area (Å²) in [6.07, 6.45) is 3.85. The van der Waals surface area contributed by atoms with Gasteiger partial charge in [0.05, 0.1) is 5.69 Å². The number of hydrogen-bond donors (Lipinski definition) is 1. The number of aromatic nitrogens is 6. The lowest BCUT2D eigenvalue weighted by atomic mass is 9.92. The third-order valence-electron chi connectivity index (χ3n) is 4.98. The first-order valence-corrected chi connectivity index (χ1v) is 9.53. The lowest BCUT2D eigenvalue weighted by molar-refractivity contribution is -0.0361. The lowest BCUT2D eigenvalue weighted by Gasteiger charge is -2.29. The number of halogens is 2. The van der Waals surface area contributed by atoms with Crippen LogP contribution in [0.3, 0.4) is 0 Å². The fourth-order valence-electron chi connectivity index (χ4n) is 3.30. The summed E-state index contributed by atoms with van der Waals surface area (Å²) in [7, 11) is 1.79. The molecule has 1 aliphatic rings. The molecule has 3 heterocycles. The predicted molar refractivity (Wildman–Crippen MR) is 102 cm³/mol. The summed E-state index contributed by atoms with van der Waals surface area (Å²) in [5.41, 5.74) is 0.862. The van der Waals surface area contributed by atoms with E-state index < -0.39 is 5.92 Å². The molecular formula is C19H23F2N7O. The Morgan fingerprint density at radius 3 is 2.72 bits per heavy atom. The minimum absolute atomic E-state index is 0.0525. The zero-order chi connectivity index (χ0) is 20.4. The summed E-state index contributed by atoms with van der Waals surface area (Å²) in [6.45, 7) is 2.14. The summed E-state index contributed by atoms with van der Waals surface area (Å²) >= 11 is 0. The number of nitrogens with one attached hydrogen (secondary N) is 1. The van der Waals surface area contributed by atoms with Gasteiger partial charge < -0.3 is 10.1 Å². The third kappa shape index (κ3) is 4.69. The van der Waals surface area contributed by atoms with Crippen molar-refractivity contribution in [3.05, 3.63) is 42.2 Å². The number of pyridine rings is 1. The molecule has 0 atom stereocenters. The average molecular weight is 403 g/mol. The van der Waals surface area contributed by atoms with Gasteiger partial charge in [0, 0.05) is 44.3 Å². The lowest BCUT2D eigenvalue weighted by Crippen LogP contribution is -2.32. The fraction of sp³-hybridized carbons (Fsp3) is 0.474. The average Bonchev–Trinajstić information content (AvgIpc) is 3.30. The molecule has 0 radical (unpaired) electrons. The standard InChI is InChI=1S/C19H23F2N7O/c1-13-5-8-28(26-13)17-10-15(29-11-18-22-12-23-27(18)2)9-16(25-17)24-14-3-6-19(20,21)7-4-14/h5,8-10,12,14H,3-4,6-7,11H2,1-2H3,(H,24,25). The van der Waals surface area contributed by atoms with Crippen LogP contribution >= 0.6 is 0 Å². The number of rotatable bonds is 6. The van der Waals surface area contributed by atoms with Crippen LogP contribution in [0.2, 0.25) is 0 Å². The van der Waals surface area contributed by atoms with Crippen molar-refractivity contribution in [1.29, 1.82) is 0 Å². The van der Waals surface area contributed by atoms with Crippen LogP contribution in [-0.2, 0) is 13.7 Å². The normalized spacial score (nSPS) is 16.7. The van der Waals surface area contributed by atoms with E-state index in [0.29, 0.717) is 36.1 Å². The van der Waals surface area contributed by atoms with Crippen molar-refractivity contribution in [2.45, 2.75) is 51.2 Å². The van der Waals surface area contributed by atoms with Crippen LogP contribution in [0.4, 0.5) is 14.6 Å². The molecule has 0 spiro atoms. The van der Waals surface area contributed by atoms with Crippen molar-refractivity contribution in [3.63, 3.8) is 0 Å². The molecule has 0 saturated heterocycles. The van der Waals surface area contributed by atoms with Gasteiger partial charge in [0.1, 0.15) is 24.5 Å². The van der Waals surface area contributed by atoms with Crippen LogP contribution in [0, 0.1) is 6.92 Å². The summed E-state index contributed by atoms with van der Waals surface area (Å²) in [5.74, 6) is -0.155. The topological polar surface area (TPSA) is 82.7 Å². The van der Waals surface area contributed by atoms with E-state index in [2.05, 4.69) is 25.5 Å². The van der Waals surface area contributed by atoms with E-state index in [1.807, 2.05) is 19.2 Å². The number of ether oxygens (including phenoxy) is 1. The summed E-state index contributed by atoms with van der Waals surface area (Å²) in [5, 5.41) is 11.7. The van der Waals surface area contributed by atoms with Crippen molar-refractivity contribution in [3.8, 4) is 11.6 Å². The SMILES string of the molecule is Cc1ccn(-c2cc(OCc3ncnn3C)cc(NC3CCC(F)(F)CC3)n2)n1. The van der Waals surface area contributed by atoms with Gasteiger partial charge in [-0.05, 0) is 25.8 Å². The van der Waals surface area contributed by atoms with Gasteiger partial charge in [0.2, 0.25) is 5.92 Å². The smallest absolute Gasteiger partial charge is 0.248 e. The number of nitrogens with zero attached hydrogens (tertiary/aromatic N) is 6. The van der Waals surface area contributed by atoms with Crippen LogP contribution in [0.1, 0.15) is 37.2 Å². The maximum atomic E-state index is 13.4. The Labute approximate surface area is 166 Å². The van der Waals surface area contributed by atoms with Crippen LogP contribution in [-0.4, -0.2) is 41.5 Å². The molecule has 0 unspecified atom stereocenters. The highest BCUT2D eigenvalue weighted by molar-refractivity contribution is 5.47. The Hall–Kier alpha value is -3.04. The second kappa shape index (κ2) is 7.76. The molecule has 3 aromatic heterocycles. The van der Waals surface area contributed by atoms with Crippen molar-refractivity contribution in [1.82, 2.24) is 29.5 Å². The molecule has 1 aliphatic carbocycles. The highest BCUT2D eigenvalue weighted by Crippen LogP contribution is 2.34. The van der Waals surface area contributed by atoms with Crippen LogP contribution in [0.25, 0.3) is 5.82 Å². The van der Waals surface area contributed by atoms with Gasteiger partial charge in [-0.1, -0.05) is 0 Å². The maximum absolute atomic E-state index is 13.4. The largest absolute Gasteiger partial charge is 0.485 e. The Morgan fingerprint density at radius 2 is 2.07 bits per heavy atom. The molecule has 4 rings (SSSR count). The van der Waals surface area contributed by atoms with E-state index in [9.17, 15) is 8.78 Å². The molecule has 1 saturated carbocycles. The summed E-state index contributed by atoms with van der Waals surface area (Å²) in [6, 6.07) is 5.38. The Kier molecular flexibility index (Phi) is 5.16. The molecule has 1 N–H and O–H groups in total. The molecule has 29 heavy (non-hydrogen) atoms. The number of anilines is 1. The summed E-state index contributed by atoms with van der Waals surface area (Å²) < 4.78 is 36.1. The van der Waals surface area contributed by atoms with E-state index in [0.717, 1.165) is 5.69 Å². The number of alkyl halides is 2. The van der Waals surface area contributed by atoms with E-state index >= 15 is 0 Å². The molecular weight excluding hydrogens is 380 g/mol. The molecule has 10 heteroatoms. The summed E-state index contributed by atoms with van der Waals surface area (Å²) in [4.78, 5) is 8.75. The molecule has 0 bridgehead atoms. The quantitative estimate of drug-likeness (QED) is 0.680. The van der Waals surface area contributed by atoms with Gasteiger partial charge in [0.15, 0.2) is 11.6 Å². The third-order valence-corrected chi connectivity index (χ3v) is 4.98. The molecule has 3 aromatic rings. The molecule has 0 aromatic carbocycles. The Balaban J connectivity index is 1.55. The monoisotopic (exact) mass is 403 g/mol. The zero-order valence-corrected chi connectivity index (χ0v) is 16.3. The fourth-order valence-corrected chi connectivity index (χ4v) is 3.30. The van der Waals surface area contributed by atoms with Gasteiger partial charge in [-0.3, -0.25) is 4.68 Å².